The van der Waals surface area contributed by atoms with Crippen molar-refractivity contribution in [3.05, 3.63) is 84.9 Å². The second-order valence-corrected chi connectivity index (χ2v) is 11.3. The molecule has 1 heterocycles. The number of rotatable bonds is 6. The van der Waals surface area contributed by atoms with Crippen LogP contribution < -0.4 is 10.6 Å². The van der Waals surface area contributed by atoms with Gasteiger partial charge in [-0.2, -0.15) is 0 Å². The van der Waals surface area contributed by atoms with Gasteiger partial charge in [-0.3, -0.25) is 9.59 Å². The Morgan fingerprint density at radius 1 is 0.629 bits per heavy atom. The van der Waals surface area contributed by atoms with E-state index in [9.17, 15) is 18.0 Å². The number of benzene rings is 4. The van der Waals surface area contributed by atoms with Crippen LogP contribution in [0.5, 0.6) is 0 Å². The van der Waals surface area contributed by atoms with Crippen molar-refractivity contribution < 1.29 is 18.0 Å². The van der Waals surface area contributed by atoms with Crippen molar-refractivity contribution >= 4 is 54.6 Å². The molecule has 1 saturated heterocycles. The predicted octanol–water partition coefficient (Wildman–Crippen LogP) is 5.01. The normalized spacial score (nSPS) is 19.0. The summed E-state index contributed by atoms with van der Waals surface area (Å²) < 4.78 is 24.8. The monoisotopic (exact) mass is 486 g/mol. The van der Waals surface area contributed by atoms with Crippen LogP contribution in [0, 0.1) is 11.8 Å². The smallest absolute Gasteiger partial charge is 0.224 e. The highest BCUT2D eigenvalue weighted by Crippen LogP contribution is 2.32. The Bertz CT molecular complexity index is 1410. The van der Waals surface area contributed by atoms with Crippen LogP contribution in [0.3, 0.4) is 0 Å². The summed E-state index contributed by atoms with van der Waals surface area (Å²) in [5.41, 5.74) is 1.39. The molecule has 35 heavy (non-hydrogen) atoms. The molecule has 0 aromatic heterocycles. The first-order chi connectivity index (χ1) is 16.9. The highest BCUT2D eigenvalue weighted by Gasteiger charge is 2.39. The largest absolute Gasteiger partial charge is 0.326 e. The van der Waals surface area contributed by atoms with Crippen molar-refractivity contribution in [2.45, 2.75) is 12.8 Å². The molecule has 7 heteroatoms. The lowest BCUT2D eigenvalue weighted by Gasteiger charge is -2.18. The Labute approximate surface area is 204 Å². The zero-order valence-corrected chi connectivity index (χ0v) is 19.9. The number of nitrogens with one attached hydrogen (secondary N) is 2. The third kappa shape index (κ3) is 5.20. The summed E-state index contributed by atoms with van der Waals surface area (Å²) >= 11 is 0. The Morgan fingerprint density at radius 2 is 1.03 bits per heavy atom. The molecule has 0 bridgehead atoms. The fourth-order valence-corrected chi connectivity index (χ4v) is 7.21. The van der Waals surface area contributed by atoms with Gasteiger partial charge in [-0.25, -0.2) is 8.42 Å². The standard InChI is InChI=1S/C28H26N2O4S/c31-27(29-25-13-5-9-19-7-1-3-11-23(19)25)15-21-17-35(33,34)18-22(21)16-28(32)30-26-14-6-10-20-8-2-4-12-24(20)26/h1-14,21-22H,15-18H2,(H,29,31)(H,30,32)/t21-,22-/m1/s1. The summed E-state index contributed by atoms with van der Waals surface area (Å²) in [5, 5.41) is 9.75. The lowest BCUT2D eigenvalue weighted by atomic mass is 9.89. The molecule has 2 amide bonds. The molecule has 2 N–H and O–H groups in total. The zero-order valence-electron chi connectivity index (χ0n) is 19.1. The summed E-state index contributed by atoms with van der Waals surface area (Å²) in [4.78, 5) is 25.8. The number of carbonyl (C=O) groups is 2. The number of hydrogen-bond acceptors (Lipinski definition) is 4. The van der Waals surface area contributed by atoms with Gasteiger partial charge in [0.1, 0.15) is 0 Å². The molecule has 4 aromatic rings. The van der Waals surface area contributed by atoms with Crippen molar-refractivity contribution in [2.75, 3.05) is 22.1 Å². The van der Waals surface area contributed by atoms with Crippen molar-refractivity contribution in [1.29, 1.82) is 0 Å². The SMILES string of the molecule is O=C(C[C@@H]1CS(=O)(=O)C[C@H]1CC(=O)Nc1cccc2ccccc12)Nc1cccc2ccccc12. The molecule has 6 nitrogen and oxygen atoms in total. The highest BCUT2D eigenvalue weighted by atomic mass is 32.2. The highest BCUT2D eigenvalue weighted by molar-refractivity contribution is 7.91. The van der Waals surface area contributed by atoms with Gasteiger partial charge in [-0.05, 0) is 34.7 Å². The zero-order chi connectivity index (χ0) is 24.4. The van der Waals surface area contributed by atoms with Crippen molar-refractivity contribution in [2.24, 2.45) is 11.8 Å². The molecular formula is C28H26N2O4S. The van der Waals surface area contributed by atoms with Gasteiger partial charge in [0.05, 0.1) is 11.5 Å². The van der Waals surface area contributed by atoms with E-state index < -0.39 is 21.7 Å². The minimum atomic E-state index is -3.31. The fourth-order valence-electron chi connectivity index (χ4n) is 4.99. The first-order valence-electron chi connectivity index (χ1n) is 11.6. The van der Waals surface area contributed by atoms with Crippen molar-refractivity contribution in [3.8, 4) is 0 Å². The molecule has 4 aromatic carbocycles. The maximum Gasteiger partial charge on any atom is 0.224 e. The molecule has 0 aliphatic carbocycles. The average molecular weight is 487 g/mol. The van der Waals surface area contributed by atoms with Crippen LogP contribution in [-0.4, -0.2) is 31.7 Å². The van der Waals surface area contributed by atoms with E-state index in [0.29, 0.717) is 11.4 Å². The molecule has 5 rings (SSSR count). The summed E-state index contributed by atoms with van der Waals surface area (Å²) in [6, 6.07) is 26.9. The predicted molar refractivity (Wildman–Crippen MR) is 140 cm³/mol. The van der Waals surface area contributed by atoms with Crippen LogP contribution in [0.15, 0.2) is 84.9 Å². The maximum absolute atomic E-state index is 12.9. The lowest BCUT2D eigenvalue weighted by Crippen LogP contribution is -2.25. The Balaban J connectivity index is 1.28. The van der Waals surface area contributed by atoms with Gasteiger partial charge >= 0.3 is 0 Å². The molecule has 1 aliphatic heterocycles. The Kier molecular flexibility index (Phi) is 6.26. The van der Waals surface area contributed by atoms with Crippen LogP contribution in [0.1, 0.15) is 12.8 Å². The number of hydrogen-bond donors (Lipinski definition) is 2. The van der Waals surface area contributed by atoms with E-state index in [4.69, 9.17) is 0 Å². The van der Waals surface area contributed by atoms with Crippen LogP contribution in [-0.2, 0) is 19.4 Å². The topological polar surface area (TPSA) is 92.3 Å². The first-order valence-corrected chi connectivity index (χ1v) is 13.5. The second-order valence-electron chi connectivity index (χ2n) is 9.16. The van der Waals surface area contributed by atoms with E-state index in [2.05, 4.69) is 10.6 Å². The summed E-state index contributed by atoms with van der Waals surface area (Å²) in [7, 11) is -3.31. The molecule has 0 saturated carbocycles. The molecule has 2 atom stereocenters. The lowest BCUT2D eigenvalue weighted by molar-refractivity contribution is -0.119. The minimum absolute atomic E-state index is 0.0503. The number of fused-ring (bicyclic) bond motifs is 2. The Morgan fingerprint density at radius 3 is 1.49 bits per heavy atom. The van der Waals surface area contributed by atoms with Gasteiger partial charge in [-0.1, -0.05) is 72.8 Å². The Hall–Kier alpha value is -3.71. The van der Waals surface area contributed by atoms with E-state index in [1.54, 1.807) is 0 Å². The fraction of sp³-hybridized carbons (Fsp3) is 0.214. The summed E-state index contributed by atoms with van der Waals surface area (Å²) in [5.74, 6) is -1.48. The van der Waals surface area contributed by atoms with Gasteiger partial charge < -0.3 is 10.6 Å². The van der Waals surface area contributed by atoms with Gasteiger partial charge in [0, 0.05) is 35.0 Å². The van der Waals surface area contributed by atoms with E-state index in [1.165, 1.54) is 0 Å². The van der Waals surface area contributed by atoms with Gasteiger partial charge in [-0.15, -0.1) is 0 Å². The molecule has 1 fully saturated rings. The third-order valence-electron chi connectivity index (χ3n) is 6.63. The minimum Gasteiger partial charge on any atom is -0.326 e. The second kappa shape index (κ2) is 9.50. The summed E-state index contributed by atoms with van der Waals surface area (Å²) in [6.45, 7) is 0. The van der Waals surface area contributed by atoms with Crippen LogP contribution in [0.4, 0.5) is 11.4 Å². The van der Waals surface area contributed by atoms with Crippen LogP contribution in [0.25, 0.3) is 21.5 Å². The van der Waals surface area contributed by atoms with Crippen LogP contribution >= 0.6 is 0 Å². The maximum atomic E-state index is 12.9. The molecule has 178 valence electrons. The van der Waals surface area contributed by atoms with Gasteiger partial charge in [0.15, 0.2) is 9.84 Å². The van der Waals surface area contributed by atoms with Crippen LogP contribution in [0.2, 0.25) is 0 Å². The molecular weight excluding hydrogens is 460 g/mol. The molecule has 0 radical (unpaired) electrons. The van der Waals surface area contributed by atoms with Crippen molar-refractivity contribution in [3.63, 3.8) is 0 Å². The number of anilines is 2. The average Bonchev–Trinajstić information content (AvgIpc) is 3.11. The number of amides is 2. The van der Waals surface area contributed by atoms with Crippen molar-refractivity contribution in [1.82, 2.24) is 0 Å². The van der Waals surface area contributed by atoms with E-state index in [-0.39, 0.29) is 36.2 Å². The van der Waals surface area contributed by atoms with Gasteiger partial charge in [0.25, 0.3) is 0 Å². The molecule has 0 spiro atoms. The van der Waals surface area contributed by atoms with E-state index in [1.807, 2.05) is 84.9 Å². The molecule has 0 unspecified atom stereocenters. The molecule has 1 aliphatic rings. The van der Waals surface area contributed by atoms with E-state index in [0.717, 1.165) is 21.5 Å². The number of carbonyl (C=O) groups excluding carboxylic acids is 2. The van der Waals surface area contributed by atoms with E-state index >= 15 is 0 Å². The summed E-state index contributed by atoms with van der Waals surface area (Å²) in [6.07, 6.45) is 0.101. The quantitative estimate of drug-likeness (QED) is 0.401. The third-order valence-corrected chi connectivity index (χ3v) is 8.50. The van der Waals surface area contributed by atoms with Gasteiger partial charge in [0.2, 0.25) is 11.8 Å². The number of sulfone groups is 1. The first kappa shape index (κ1) is 23.1.